The number of para-hydroxylation sites is 1. The summed E-state index contributed by atoms with van der Waals surface area (Å²) >= 11 is 11.8. The summed E-state index contributed by atoms with van der Waals surface area (Å²) in [6.07, 6.45) is 1.53. The Morgan fingerprint density at radius 3 is 2.57 bits per heavy atom. The average Bonchev–Trinajstić information content (AvgIpc) is 2.73. The van der Waals surface area contributed by atoms with Gasteiger partial charge in [0.1, 0.15) is 18.1 Å². The van der Waals surface area contributed by atoms with Gasteiger partial charge in [0.15, 0.2) is 6.61 Å². The fourth-order valence-electron chi connectivity index (χ4n) is 2.59. The fourth-order valence-corrected chi connectivity index (χ4v) is 3.05. The number of carbonyl (C=O) groups excluding carboxylic acids is 1. The molecule has 3 rings (SSSR count). The van der Waals surface area contributed by atoms with Crippen LogP contribution in [0.4, 0.5) is 0 Å². The predicted octanol–water partition coefficient (Wildman–Crippen LogP) is 5.41. The van der Waals surface area contributed by atoms with Gasteiger partial charge in [0.05, 0.1) is 11.2 Å². The topological polar surface area (TPSA) is 59.9 Å². The Balaban J connectivity index is 1.54. The minimum absolute atomic E-state index is 0.232. The van der Waals surface area contributed by atoms with Crippen LogP contribution in [0.5, 0.6) is 11.5 Å². The van der Waals surface area contributed by atoms with Gasteiger partial charge in [0, 0.05) is 10.6 Å². The van der Waals surface area contributed by atoms with Crippen molar-refractivity contribution in [1.29, 1.82) is 0 Å². The standard InChI is InChI=1S/C23H20Cl2N2O3/c1-16-6-2-3-8-18(16)14-29-21-9-5-4-7-17(21)13-26-27-23(28)15-30-22-11-10-19(24)12-20(22)25/h2-13H,14-15H2,1H3,(H,27,28)/b26-13+. The average molecular weight is 443 g/mol. The van der Waals surface area contributed by atoms with Crippen molar-refractivity contribution in [2.24, 2.45) is 5.10 Å². The van der Waals surface area contributed by atoms with Crippen molar-refractivity contribution < 1.29 is 14.3 Å². The highest BCUT2D eigenvalue weighted by Crippen LogP contribution is 2.27. The lowest BCUT2D eigenvalue weighted by Gasteiger charge is -2.10. The van der Waals surface area contributed by atoms with E-state index in [2.05, 4.69) is 10.5 Å². The van der Waals surface area contributed by atoms with Crippen LogP contribution in [-0.4, -0.2) is 18.7 Å². The summed E-state index contributed by atoms with van der Waals surface area (Å²) in [7, 11) is 0. The first-order valence-electron chi connectivity index (χ1n) is 9.19. The Hall–Kier alpha value is -3.02. The van der Waals surface area contributed by atoms with Gasteiger partial charge in [-0.3, -0.25) is 4.79 Å². The van der Waals surface area contributed by atoms with E-state index in [1.807, 2.05) is 55.5 Å². The Morgan fingerprint density at radius 1 is 1.00 bits per heavy atom. The van der Waals surface area contributed by atoms with Crippen molar-refractivity contribution in [2.45, 2.75) is 13.5 Å². The normalized spacial score (nSPS) is 10.8. The molecule has 154 valence electrons. The number of rotatable bonds is 8. The van der Waals surface area contributed by atoms with Crippen molar-refractivity contribution in [3.63, 3.8) is 0 Å². The Kier molecular flexibility index (Phi) is 7.71. The molecule has 0 heterocycles. The highest BCUT2D eigenvalue weighted by molar-refractivity contribution is 6.35. The molecule has 0 aliphatic rings. The van der Waals surface area contributed by atoms with Gasteiger partial charge in [-0.1, -0.05) is 59.6 Å². The predicted molar refractivity (Wildman–Crippen MR) is 120 cm³/mol. The summed E-state index contributed by atoms with van der Waals surface area (Å²) in [6, 6.07) is 20.3. The molecule has 7 heteroatoms. The number of carbonyl (C=O) groups is 1. The first-order chi connectivity index (χ1) is 14.5. The fraction of sp³-hybridized carbons (Fsp3) is 0.130. The van der Waals surface area contributed by atoms with E-state index in [4.69, 9.17) is 32.7 Å². The van der Waals surface area contributed by atoms with E-state index in [0.717, 1.165) is 16.7 Å². The molecule has 0 aliphatic carbocycles. The minimum atomic E-state index is -0.421. The van der Waals surface area contributed by atoms with Crippen LogP contribution in [0, 0.1) is 6.92 Å². The molecule has 1 N–H and O–H groups in total. The number of benzene rings is 3. The van der Waals surface area contributed by atoms with E-state index in [-0.39, 0.29) is 6.61 Å². The number of halogens is 2. The molecule has 0 aliphatic heterocycles. The SMILES string of the molecule is Cc1ccccc1COc1ccccc1/C=N/NC(=O)COc1ccc(Cl)cc1Cl. The van der Waals surface area contributed by atoms with Gasteiger partial charge in [0.2, 0.25) is 0 Å². The van der Waals surface area contributed by atoms with Crippen molar-refractivity contribution >= 4 is 35.3 Å². The van der Waals surface area contributed by atoms with Crippen LogP contribution in [0.15, 0.2) is 71.8 Å². The van der Waals surface area contributed by atoms with Crippen LogP contribution in [0.25, 0.3) is 0 Å². The molecule has 0 radical (unpaired) electrons. The van der Waals surface area contributed by atoms with Crippen LogP contribution < -0.4 is 14.9 Å². The number of hydrogen-bond acceptors (Lipinski definition) is 4. The molecule has 0 atom stereocenters. The molecule has 0 saturated heterocycles. The molecule has 0 fully saturated rings. The van der Waals surface area contributed by atoms with Crippen molar-refractivity contribution in [3.05, 3.63) is 93.5 Å². The summed E-state index contributed by atoms with van der Waals surface area (Å²) in [4.78, 5) is 12.0. The second kappa shape index (κ2) is 10.7. The monoisotopic (exact) mass is 442 g/mol. The number of ether oxygens (including phenoxy) is 2. The lowest BCUT2D eigenvalue weighted by Crippen LogP contribution is -2.24. The van der Waals surface area contributed by atoms with E-state index in [1.54, 1.807) is 18.2 Å². The lowest BCUT2D eigenvalue weighted by molar-refractivity contribution is -0.123. The smallest absolute Gasteiger partial charge is 0.277 e. The van der Waals surface area contributed by atoms with Gasteiger partial charge in [0.25, 0.3) is 5.91 Å². The van der Waals surface area contributed by atoms with Crippen molar-refractivity contribution in [2.75, 3.05) is 6.61 Å². The Bertz CT molecular complexity index is 1050. The zero-order chi connectivity index (χ0) is 21.3. The summed E-state index contributed by atoms with van der Waals surface area (Å²) in [6.45, 7) is 2.25. The summed E-state index contributed by atoms with van der Waals surface area (Å²) < 4.78 is 11.3. The highest BCUT2D eigenvalue weighted by atomic mass is 35.5. The number of hydrazone groups is 1. The number of hydrogen-bond donors (Lipinski definition) is 1. The van der Waals surface area contributed by atoms with E-state index in [0.29, 0.717) is 28.2 Å². The second-order valence-electron chi connectivity index (χ2n) is 6.41. The maximum Gasteiger partial charge on any atom is 0.277 e. The highest BCUT2D eigenvalue weighted by Gasteiger charge is 2.07. The van der Waals surface area contributed by atoms with Crippen molar-refractivity contribution in [1.82, 2.24) is 5.43 Å². The van der Waals surface area contributed by atoms with E-state index in [1.165, 1.54) is 6.21 Å². The van der Waals surface area contributed by atoms with Gasteiger partial charge in [-0.2, -0.15) is 5.10 Å². The summed E-state index contributed by atoms with van der Waals surface area (Å²) in [5.41, 5.74) is 5.44. The minimum Gasteiger partial charge on any atom is -0.488 e. The summed E-state index contributed by atoms with van der Waals surface area (Å²) in [5, 5.41) is 4.81. The molecular formula is C23H20Cl2N2O3. The first kappa shape index (κ1) is 21.7. The van der Waals surface area contributed by atoms with E-state index in [9.17, 15) is 4.79 Å². The third-order valence-corrected chi connectivity index (χ3v) is 4.74. The molecule has 5 nitrogen and oxygen atoms in total. The van der Waals surface area contributed by atoms with Gasteiger partial charge in [-0.15, -0.1) is 0 Å². The number of aryl methyl sites for hydroxylation is 1. The molecule has 0 aromatic heterocycles. The number of nitrogens with one attached hydrogen (secondary N) is 1. The number of amides is 1. The van der Waals surface area contributed by atoms with Crippen LogP contribution in [0.1, 0.15) is 16.7 Å². The quantitative estimate of drug-likeness (QED) is 0.374. The maximum absolute atomic E-state index is 12.0. The summed E-state index contributed by atoms with van der Waals surface area (Å²) in [5.74, 6) is 0.619. The maximum atomic E-state index is 12.0. The first-order valence-corrected chi connectivity index (χ1v) is 9.94. The van der Waals surface area contributed by atoms with Gasteiger partial charge >= 0.3 is 0 Å². The molecule has 3 aromatic rings. The second-order valence-corrected chi connectivity index (χ2v) is 7.25. The van der Waals surface area contributed by atoms with E-state index >= 15 is 0 Å². The largest absolute Gasteiger partial charge is 0.488 e. The van der Waals surface area contributed by atoms with Crippen molar-refractivity contribution in [3.8, 4) is 11.5 Å². The van der Waals surface area contributed by atoms with Gasteiger partial charge in [-0.25, -0.2) is 5.43 Å². The lowest BCUT2D eigenvalue weighted by atomic mass is 10.1. The molecular weight excluding hydrogens is 423 g/mol. The molecule has 3 aromatic carbocycles. The Morgan fingerprint density at radius 2 is 1.77 bits per heavy atom. The molecule has 0 spiro atoms. The van der Waals surface area contributed by atoms with Crippen LogP contribution >= 0.6 is 23.2 Å². The molecule has 0 unspecified atom stereocenters. The molecule has 30 heavy (non-hydrogen) atoms. The third kappa shape index (κ3) is 6.24. The van der Waals surface area contributed by atoms with Gasteiger partial charge < -0.3 is 9.47 Å². The molecule has 0 saturated carbocycles. The zero-order valence-corrected chi connectivity index (χ0v) is 17.8. The third-order valence-electron chi connectivity index (χ3n) is 4.21. The van der Waals surface area contributed by atoms with E-state index < -0.39 is 5.91 Å². The number of nitrogens with zero attached hydrogens (tertiary/aromatic N) is 1. The van der Waals surface area contributed by atoms with Crippen LogP contribution in [0.3, 0.4) is 0 Å². The molecule has 0 bridgehead atoms. The van der Waals surface area contributed by atoms with Gasteiger partial charge in [-0.05, 0) is 48.4 Å². The zero-order valence-electron chi connectivity index (χ0n) is 16.3. The molecule has 1 amide bonds. The van der Waals surface area contributed by atoms with Crippen LogP contribution in [-0.2, 0) is 11.4 Å². The Labute approximate surface area is 185 Å². The van der Waals surface area contributed by atoms with Crippen LogP contribution in [0.2, 0.25) is 10.0 Å².